The first-order valence-electron chi connectivity index (χ1n) is 6.00. The normalized spacial score (nSPS) is 11.2. The van der Waals surface area contributed by atoms with Crippen LogP contribution in [0.25, 0.3) is 0 Å². The Kier molecular flexibility index (Phi) is 6.11. The largest absolute Gasteiger partial charge is 0.445 e. The Morgan fingerprint density at radius 3 is 2.69 bits per heavy atom. The van der Waals surface area contributed by atoms with Gasteiger partial charge >= 0.3 is 0 Å². The molecule has 0 fully saturated rings. The number of unbranched alkanes of at least 4 members (excludes halogenated alkanes) is 1. The van der Waals surface area contributed by atoms with Crippen LogP contribution in [0.5, 0.6) is 0 Å². The van der Waals surface area contributed by atoms with Crippen LogP contribution in [0.4, 0.5) is 0 Å². The fourth-order valence-electron chi connectivity index (χ4n) is 1.61. The number of aryl methyl sites for hydroxylation is 1. The molecule has 0 saturated carbocycles. The van der Waals surface area contributed by atoms with E-state index in [2.05, 4.69) is 16.8 Å². The topological polar surface area (TPSA) is 49.5 Å². The molecule has 92 valence electrons. The van der Waals surface area contributed by atoms with Gasteiger partial charge in [-0.05, 0) is 26.3 Å². The highest BCUT2D eigenvalue weighted by Gasteiger charge is 2.08. The lowest BCUT2D eigenvalue weighted by Crippen LogP contribution is -2.26. The van der Waals surface area contributed by atoms with Crippen LogP contribution in [0, 0.1) is 6.92 Å². The molecule has 0 aromatic carbocycles. The van der Waals surface area contributed by atoms with Crippen LogP contribution >= 0.6 is 0 Å². The zero-order chi connectivity index (χ0) is 11.8. The third-order valence-corrected chi connectivity index (χ3v) is 2.49. The van der Waals surface area contributed by atoms with Crippen LogP contribution in [0.15, 0.2) is 10.6 Å². The van der Waals surface area contributed by atoms with Crippen molar-refractivity contribution in [1.82, 2.24) is 9.88 Å². The van der Waals surface area contributed by atoms with Gasteiger partial charge in [-0.3, -0.25) is 4.90 Å². The number of nitrogens with zero attached hydrogens (tertiary/aromatic N) is 2. The number of hydrogen-bond acceptors (Lipinski definition) is 4. The van der Waals surface area contributed by atoms with Gasteiger partial charge in [0.15, 0.2) is 0 Å². The Labute approximate surface area is 97.3 Å². The van der Waals surface area contributed by atoms with Gasteiger partial charge in [0.05, 0.1) is 12.7 Å². The first-order chi connectivity index (χ1) is 7.76. The number of hydrogen-bond donors (Lipinski definition) is 1. The maximum Gasteiger partial charge on any atom is 0.208 e. The first kappa shape index (κ1) is 13.2. The van der Waals surface area contributed by atoms with Gasteiger partial charge in [-0.2, -0.15) is 0 Å². The van der Waals surface area contributed by atoms with Crippen molar-refractivity contribution in [2.75, 3.05) is 19.7 Å². The fourth-order valence-corrected chi connectivity index (χ4v) is 1.61. The smallest absolute Gasteiger partial charge is 0.208 e. The molecule has 0 spiro atoms. The van der Waals surface area contributed by atoms with Gasteiger partial charge in [0, 0.05) is 13.2 Å². The molecular weight excluding hydrogens is 204 g/mol. The summed E-state index contributed by atoms with van der Waals surface area (Å²) in [4.78, 5) is 6.48. The lowest BCUT2D eigenvalue weighted by Gasteiger charge is -2.19. The molecule has 1 aromatic rings. The van der Waals surface area contributed by atoms with Crippen molar-refractivity contribution in [3.05, 3.63) is 17.8 Å². The molecule has 0 amide bonds. The lowest BCUT2D eigenvalue weighted by atomic mass is 10.3. The predicted molar refractivity (Wildman–Crippen MR) is 63.1 cm³/mol. The number of oxazole rings is 1. The number of rotatable bonds is 8. The van der Waals surface area contributed by atoms with E-state index < -0.39 is 0 Å². The molecule has 1 N–H and O–H groups in total. The maximum absolute atomic E-state index is 8.85. The number of aromatic nitrogens is 1. The van der Waals surface area contributed by atoms with Crippen LogP contribution in [0.1, 0.15) is 37.8 Å². The highest BCUT2D eigenvalue weighted by molar-refractivity contribution is 4.90. The van der Waals surface area contributed by atoms with Crippen LogP contribution in [-0.2, 0) is 6.54 Å². The summed E-state index contributed by atoms with van der Waals surface area (Å²) < 4.78 is 5.46. The van der Waals surface area contributed by atoms with Crippen molar-refractivity contribution in [3.63, 3.8) is 0 Å². The molecule has 0 bridgehead atoms. The molecule has 1 heterocycles. The number of aliphatic hydroxyl groups is 1. The molecule has 1 rings (SSSR count). The van der Waals surface area contributed by atoms with Gasteiger partial charge in [0.2, 0.25) is 5.89 Å². The van der Waals surface area contributed by atoms with E-state index in [4.69, 9.17) is 9.52 Å². The second kappa shape index (κ2) is 7.41. The molecule has 0 saturated heterocycles. The van der Waals surface area contributed by atoms with E-state index in [1.165, 1.54) is 12.8 Å². The highest BCUT2D eigenvalue weighted by atomic mass is 16.4. The third kappa shape index (κ3) is 4.77. The Bertz CT molecular complexity index is 278. The van der Waals surface area contributed by atoms with Crippen molar-refractivity contribution in [3.8, 4) is 0 Å². The third-order valence-electron chi connectivity index (χ3n) is 2.49. The minimum atomic E-state index is 0.243. The Morgan fingerprint density at radius 1 is 1.38 bits per heavy atom. The summed E-state index contributed by atoms with van der Waals surface area (Å²) in [6.45, 7) is 7.01. The molecule has 4 heteroatoms. The van der Waals surface area contributed by atoms with E-state index in [1.807, 2.05) is 6.92 Å². The van der Waals surface area contributed by atoms with Crippen molar-refractivity contribution in [2.45, 2.75) is 39.7 Å². The summed E-state index contributed by atoms with van der Waals surface area (Å²) in [5.41, 5.74) is 0. The minimum Gasteiger partial charge on any atom is -0.445 e. The minimum absolute atomic E-state index is 0.243. The van der Waals surface area contributed by atoms with Crippen molar-refractivity contribution >= 4 is 0 Å². The Balaban J connectivity index is 2.41. The zero-order valence-electron chi connectivity index (χ0n) is 10.3. The average molecular weight is 226 g/mol. The SMILES string of the molecule is CCCCN(CCCO)Cc1ncc(C)o1. The molecule has 0 aliphatic rings. The van der Waals surface area contributed by atoms with Crippen LogP contribution in [-0.4, -0.2) is 34.7 Å². The van der Waals surface area contributed by atoms with Gasteiger partial charge < -0.3 is 9.52 Å². The molecule has 1 aromatic heterocycles. The maximum atomic E-state index is 8.85. The van der Waals surface area contributed by atoms with E-state index in [-0.39, 0.29) is 6.61 Å². The number of aliphatic hydroxyl groups excluding tert-OH is 1. The quantitative estimate of drug-likeness (QED) is 0.736. The van der Waals surface area contributed by atoms with Gasteiger partial charge in [0.1, 0.15) is 5.76 Å². The van der Waals surface area contributed by atoms with Crippen molar-refractivity contribution in [1.29, 1.82) is 0 Å². The Morgan fingerprint density at radius 2 is 2.12 bits per heavy atom. The molecule has 0 unspecified atom stereocenters. The summed E-state index contributed by atoms with van der Waals surface area (Å²) >= 11 is 0. The van der Waals surface area contributed by atoms with Crippen LogP contribution < -0.4 is 0 Å². The molecule has 0 atom stereocenters. The highest BCUT2D eigenvalue weighted by Crippen LogP contribution is 2.07. The van der Waals surface area contributed by atoms with Gasteiger partial charge in [0.25, 0.3) is 0 Å². The Hall–Kier alpha value is -0.870. The monoisotopic (exact) mass is 226 g/mol. The molecule has 16 heavy (non-hydrogen) atoms. The van der Waals surface area contributed by atoms with Crippen LogP contribution in [0.2, 0.25) is 0 Å². The fraction of sp³-hybridized carbons (Fsp3) is 0.750. The lowest BCUT2D eigenvalue weighted by molar-refractivity contribution is 0.201. The van der Waals surface area contributed by atoms with Crippen LogP contribution in [0.3, 0.4) is 0 Å². The molecule has 0 radical (unpaired) electrons. The van der Waals surface area contributed by atoms with E-state index in [1.54, 1.807) is 6.20 Å². The summed E-state index contributed by atoms with van der Waals surface area (Å²) in [6.07, 6.45) is 4.91. The molecule has 0 aliphatic heterocycles. The predicted octanol–water partition coefficient (Wildman–Crippen LogP) is 1.97. The second-order valence-electron chi connectivity index (χ2n) is 4.07. The summed E-state index contributed by atoms with van der Waals surface area (Å²) in [5.74, 6) is 1.62. The van der Waals surface area contributed by atoms with Crippen molar-refractivity contribution < 1.29 is 9.52 Å². The molecular formula is C12H22N2O2. The zero-order valence-corrected chi connectivity index (χ0v) is 10.3. The van der Waals surface area contributed by atoms with E-state index in [9.17, 15) is 0 Å². The van der Waals surface area contributed by atoms with E-state index >= 15 is 0 Å². The van der Waals surface area contributed by atoms with E-state index in [0.717, 1.165) is 37.7 Å². The summed E-state index contributed by atoms with van der Waals surface area (Å²) in [7, 11) is 0. The van der Waals surface area contributed by atoms with Gasteiger partial charge in [-0.15, -0.1) is 0 Å². The van der Waals surface area contributed by atoms with E-state index in [0.29, 0.717) is 0 Å². The molecule has 4 nitrogen and oxygen atoms in total. The van der Waals surface area contributed by atoms with Crippen molar-refractivity contribution in [2.24, 2.45) is 0 Å². The average Bonchev–Trinajstić information content (AvgIpc) is 2.68. The van der Waals surface area contributed by atoms with Gasteiger partial charge in [-0.25, -0.2) is 4.98 Å². The standard InChI is InChI=1S/C12H22N2O2/c1-3-4-6-14(7-5-8-15)10-12-13-9-11(2)16-12/h9,15H,3-8,10H2,1-2H3. The summed E-state index contributed by atoms with van der Waals surface area (Å²) in [5, 5.41) is 8.85. The van der Waals surface area contributed by atoms with Gasteiger partial charge in [-0.1, -0.05) is 13.3 Å². The summed E-state index contributed by atoms with van der Waals surface area (Å²) in [6, 6.07) is 0. The second-order valence-corrected chi connectivity index (χ2v) is 4.07. The molecule has 0 aliphatic carbocycles. The first-order valence-corrected chi connectivity index (χ1v) is 6.00.